The molecule has 1 aromatic heterocycles. The molecule has 0 unspecified atom stereocenters. The van der Waals surface area contributed by atoms with Gasteiger partial charge in [-0.1, -0.05) is 12.1 Å². The van der Waals surface area contributed by atoms with E-state index < -0.39 is 0 Å². The average Bonchev–Trinajstić information content (AvgIpc) is 2.41. The highest BCUT2D eigenvalue weighted by atomic mass is 32.1. The first kappa shape index (κ1) is 7.51. The monoisotopic (exact) mass is 154 g/mol. The zero-order valence-corrected chi connectivity index (χ0v) is 6.47. The van der Waals surface area contributed by atoms with Crippen molar-refractivity contribution < 1.29 is 5.11 Å². The van der Waals surface area contributed by atoms with Gasteiger partial charge in [0.15, 0.2) is 0 Å². The predicted octanol–water partition coefficient (Wildman–Crippen LogP) is 2.14. The Kier molecular flexibility index (Phi) is 3.19. The Morgan fingerprint density at radius 1 is 1.60 bits per heavy atom. The minimum absolute atomic E-state index is 0.238. The Balaban J connectivity index is 2.40. The summed E-state index contributed by atoms with van der Waals surface area (Å²) >= 11 is 1.70. The van der Waals surface area contributed by atoms with Gasteiger partial charge in [-0.3, -0.25) is 0 Å². The van der Waals surface area contributed by atoms with E-state index in [2.05, 4.69) is 6.07 Å². The zero-order chi connectivity index (χ0) is 7.23. The lowest BCUT2D eigenvalue weighted by atomic mass is 10.3. The summed E-state index contributed by atoms with van der Waals surface area (Å²) in [5.74, 6) is 0. The maximum Gasteiger partial charge on any atom is 0.0465 e. The molecule has 0 atom stereocenters. The molecule has 54 valence electrons. The van der Waals surface area contributed by atoms with Crippen LogP contribution < -0.4 is 0 Å². The Hall–Kier alpha value is -0.600. The quantitative estimate of drug-likeness (QED) is 0.707. The molecule has 1 rings (SSSR count). The molecule has 0 fully saturated rings. The van der Waals surface area contributed by atoms with Crippen molar-refractivity contribution in [2.24, 2.45) is 0 Å². The van der Waals surface area contributed by atoms with Gasteiger partial charge in [-0.25, -0.2) is 0 Å². The minimum atomic E-state index is 0.238. The predicted molar refractivity (Wildman–Crippen MR) is 45.1 cm³/mol. The maximum atomic E-state index is 8.45. The van der Waals surface area contributed by atoms with E-state index in [-0.39, 0.29) is 6.61 Å². The molecule has 0 aromatic carbocycles. The zero-order valence-electron chi connectivity index (χ0n) is 5.66. The van der Waals surface area contributed by atoms with Crippen LogP contribution in [0.4, 0.5) is 0 Å². The van der Waals surface area contributed by atoms with Gasteiger partial charge in [0.25, 0.3) is 0 Å². The van der Waals surface area contributed by atoms with Gasteiger partial charge in [0.2, 0.25) is 0 Å². The summed E-state index contributed by atoms with van der Waals surface area (Å²) in [6, 6.07) is 4.07. The third kappa shape index (κ3) is 2.33. The third-order valence-electron chi connectivity index (χ3n) is 1.12. The fourth-order valence-corrected chi connectivity index (χ4v) is 1.31. The van der Waals surface area contributed by atoms with E-state index in [4.69, 9.17) is 5.11 Å². The van der Waals surface area contributed by atoms with E-state index in [0.717, 1.165) is 6.42 Å². The molecule has 0 aliphatic heterocycles. The highest BCUT2D eigenvalue weighted by molar-refractivity contribution is 7.10. The molecule has 1 N–H and O–H groups in total. The van der Waals surface area contributed by atoms with Gasteiger partial charge < -0.3 is 5.11 Å². The summed E-state index contributed by atoms with van der Waals surface area (Å²) in [5, 5.41) is 10.5. The molecule has 0 aliphatic carbocycles. The molecular formula is C8H10OS. The minimum Gasteiger partial charge on any atom is -0.396 e. The number of hydrogen-bond acceptors (Lipinski definition) is 2. The standard InChI is InChI=1S/C8H10OS/c9-6-2-1-4-8-5-3-7-10-8/h1,3-5,7,9H,2,6H2. The van der Waals surface area contributed by atoms with Crippen LogP contribution in [0.25, 0.3) is 6.08 Å². The van der Waals surface area contributed by atoms with E-state index in [0.29, 0.717) is 0 Å². The van der Waals surface area contributed by atoms with Crippen LogP contribution in [0, 0.1) is 0 Å². The first-order valence-electron chi connectivity index (χ1n) is 3.24. The molecular weight excluding hydrogens is 144 g/mol. The summed E-state index contributed by atoms with van der Waals surface area (Å²) in [7, 11) is 0. The summed E-state index contributed by atoms with van der Waals surface area (Å²) in [4.78, 5) is 1.24. The van der Waals surface area contributed by atoms with Crippen LogP contribution in [0.1, 0.15) is 11.3 Å². The van der Waals surface area contributed by atoms with Gasteiger partial charge >= 0.3 is 0 Å². The molecule has 10 heavy (non-hydrogen) atoms. The van der Waals surface area contributed by atoms with Crippen LogP contribution >= 0.6 is 11.3 Å². The molecule has 1 nitrogen and oxygen atoms in total. The van der Waals surface area contributed by atoms with Crippen molar-refractivity contribution in [1.29, 1.82) is 0 Å². The van der Waals surface area contributed by atoms with Crippen molar-refractivity contribution in [2.45, 2.75) is 6.42 Å². The van der Waals surface area contributed by atoms with Crippen LogP contribution in [0.3, 0.4) is 0 Å². The number of aliphatic hydroxyl groups excluding tert-OH is 1. The van der Waals surface area contributed by atoms with Gasteiger partial charge in [0, 0.05) is 11.5 Å². The topological polar surface area (TPSA) is 20.2 Å². The number of hydrogen-bond donors (Lipinski definition) is 1. The number of rotatable bonds is 3. The van der Waals surface area contributed by atoms with Crippen molar-refractivity contribution in [3.8, 4) is 0 Å². The van der Waals surface area contributed by atoms with Crippen LogP contribution in [0.2, 0.25) is 0 Å². The molecule has 0 radical (unpaired) electrons. The smallest absolute Gasteiger partial charge is 0.0465 e. The second-order valence-corrected chi connectivity index (χ2v) is 2.91. The summed E-state index contributed by atoms with van der Waals surface area (Å²) in [6.07, 6.45) is 4.75. The van der Waals surface area contributed by atoms with E-state index >= 15 is 0 Å². The Morgan fingerprint density at radius 3 is 3.10 bits per heavy atom. The molecule has 0 saturated carbocycles. The van der Waals surface area contributed by atoms with E-state index in [1.807, 2.05) is 23.6 Å². The van der Waals surface area contributed by atoms with Gasteiger partial charge in [-0.05, 0) is 23.9 Å². The third-order valence-corrected chi connectivity index (χ3v) is 1.96. The van der Waals surface area contributed by atoms with E-state index in [1.54, 1.807) is 11.3 Å². The Labute approximate surface area is 64.6 Å². The summed E-state index contributed by atoms with van der Waals surface area (Å²) in [6.45, 7) is 0.238. The van der Waals surface area contributed by atoms with Gasteiger partial charge in [0.1, 0.15) is 0 Å². The van der Waals surface area contributed by atoms with Crippen LogP contribution in [0.5, 0.6) is 0 Å². The molecule has 0 saturated heterocycles. The number of aliphatic hydroxyl groups is 1. The lowest BCUT2D eigenvalue weighted by molar-refractivity contribution is 0.303. The second kappa shape index (κ2) is 4.25. The average molecular weight is 154 g/mol. The lowest BCUT2D eigenvalue weighted by Crippen LogP contribution is -1.73. The summed E-state index contributed by atoms with van der Waals surface area (Å²) in [5.41, 5.74) is 0. The Bertz CT molecular complexity index is 189. The molecule has 1 heterocycles. The number of thiophene rings is 1. The van der Waals surface area contributed by atoms with Crippen LogP contribution in [-0.4, -0.2) is 11.7 Å². The van der Waals surface area contributed by atoms with E-state index in [1.165, 1.54) is 4.88 Å². The first-order valence-corrected chi connectivity index (χ1v) is 4.12. The molecule has 0 aliphatic rings. The second-order valence-electron chi connectivity index (χ2n) is 1.93. The van der Waals surface area contributed by atoms with Crippen LogP contribution in [-0.2, 0) is 0 Å². The fourth-order valence-electron chi connectivity index (χ4n) is 0.660. The largest absolute Gasteiger partial charge is 0.396 e. The molecule has 2 heteroatoms. The van der Waals surface area contributed by atoms with Gasteiger partial charge in [-0.2, -0.15) is 0 Å². The first-order chi connectivity index (χ1) is 4.93. The van der Waals surface area contributed by atoms with E-state index in [9.17, 15) is 0 Å². The summed E-state index contributed by atoms with van der Waals surface area (Å²) < 4.78 is 0. The fraction of sp³-hybridized carbons (Fsp3) is 0.250. The molecule has 0 spiro atoms. The Morgan fingerprint density at radius 2 is 2.50 bits per heavy atom. The van der Waals surface area contributed by atoms with Crippen molar-refractivity contribution in [3.63, 3.8) is 0 Å². The van der Waals surface area contributed by atoms with Crippen molar-refractivity contribution in [1.82, 2.24) is 0 Å². The molecule has 0 amide bonds. The van der Waals surface area contributed by atoms with Gasteiger partial charge in [-0.15, -0.1) is 11.3 Å². The highest BCUT2D eigenvalue weighted by Crippen LogP contribution is 2.10. The van der Waals surface area contributed by atoms with Crippen molar-refractivity contribution in [2.75, 3.05) is 6.61 Å². The normalized spacial score (nSPS) is 10.9. The van der Waals surface area contributed by atoms with Crippen molar-refractivity contribution >= 4 is 17.4 Å². The maximum absolute atomic E-state index is 8.45. The molecule has 0 bridgehead atoms. The van der Waals surface area contributed by atoms with Crippen molar-refractivity contribution in [3.05, 3.63) is 28.5 Å². The van der Waals surface area contributed by atoms with Crippen LogP contribution in [0.15, 0.2) is 23.6 Å². The molecule has 1 aromatic rings. The highest BCUT2D eigenvalue weighted by Gasteiger charge is 1.82. The van der Waals surface area contributed by atoms with Gasteiger partial charge in [0.05, 0.1) is 0 Å². The lowest BCUT2D eigenvalue weighted by Gasteiger charge is -1.82. The SMILES string of the molecule is OCCC=Cc1cccs1.